The van der Waals surface area contributed by atoms with Gasteiger partial charge in [0.2, 0.25) is 0 Å². The Hall–Kier alpha value is -0.120. The normalized spacial score (nSPS) is 39.2. The van der Waals surface area contributed by atoms with Crippen molar-refractivity contribution in [2.75, 3.05) is 19.8 Å². The minimum atomic E-state index is -0.125. The highest BCUT2D eigenvalue weighted by atomic mass is 16.6. The van der Waals surface area contributed by atoms with Crippen molar-refractivity contribution in [3.63, 3.8) is 0 Å². The molecule has 0 radical (unpaired) electrons. The van der Waals surface area contributed by atoms with Crippen molar-refractivity contribution in [2.45, 2.75) is 58.3 Å². The van der Waals surface area contributed by atoms with Crippen LogP contribution in [-0.4, -0.2) is 37.0 Å². The Labute approximate surface area is 98.9 Å². The molecule has 2 unspecified atom stereocenters. The predicted molar refractivity (Wildman–Crippen MR) is 64.6 cm³/mol. The van der Waals surface area contributed by atoms with E-state index in [1.54, 1.807) is 0 Å². The second-order valence-corrected chi connectivity index (χ2v) is 6.89. The number of morpholine rings is 1. The van der Waals surface area contributed by atoms with Crippen molar-refractivity contribution >= 4 is 0 Å². The zero-order valence-corrected chi connectivity index (χ0v) is 11.2. The van der Waals surface area contributed by atoms with Crippen LogP contribution in [0.2, 0.25) is 0 Å². The van der Waals surface area contributed by atoms with Gasteiger partial charge in [-0.05, 0) is 19.3 Å². The molecule has 0 bridgehead atoms. The molecule has 16 heavy (non-hydrogen) atoms. The zero-order chi connectivity index (χ0) is 12.0. The largest absolute Gasteiger partial charge is 0.372 e. The molecule has 0 aliphatic carbocycles. The monoisotopic (exact) mass is 227 g/mol. The summed E-state index contributed by atoms with van der Waals surface area (Å²) in [6, 6.07) is 0.371. The van der Waals surface area contributed by atoms with E-state index in [4.69, 9.17) is 9.47 Å². The molecule has 2 aliphatic rings. The zero-order valence-electron chi connectivity index (χ0n) is 11.2. The molecule has 0 aromatic heterocycles. The van der Waals surface area contributed by atoms with Gasteiger partial charge in [-0.2, -0.15) is 0 Å². The van der Waals surface area contributed by atoms with Gasteiger partial charge in [0.1, 0.15) is 5.60 Å². The molecule has 94 valence electrons. The van der Waals surface area contributed by atoms with Gasteiger partial charge in [0.15, 0.2) is 0 Å². The first-order valence-corrected chi connectivity index (χ1v) is 6.27. The average Bonchev–Trinajstić information content (AvgIpc) is 2.41. The lowest BCUT2D eigenvalue weighted by atomic mass is 9.73. The summed E-state index contributed by atoms with van der Waals surface area (Å²) >= 11 is 0. The SMILES string of the molecule is CC1(C)CC2(CO1)OCCNC2C(C)(C)C. The van der Waals surface area contributed by atoms with Crippen molar-refractivity contribution in [1.29, 1.82) is 0 Å². The van der Waals surface area contributed by atoms with Crippen LogP contribution in [-0.2, 0) is 9.47 Å². The van der Waals surface area contributed by atoms with E-state index in [2.05, 4.69) is 39.9 Å². The van der Waals surface area contributed by atoms with Crippen LogP contribution in [0.3, 0.4) is 0 Å². The van der Waals surface area contributed by atoms with Gasteiger partial charge in [0.25, 0.3) is 0 Å². The third-order valence-corrected chi connectivity index (χ3v) is 3.66. The van der Waals surface area contributed by atoms with E-state index in [1.807, 2.05) is 0 Å². The standard InChI is InChI=1S/C13H25NO2/c1-11(2,3)10-13(15-7-6-14-10)8-12(4,5)16-9-13/h10,14H,6-9H2,1-5H3. The van der Waals surface area contributed by atoms with E-state index in [1.165, 1.54) is 0 Å². The minimum Gasteiger partial charge on any atom is -0.372 e. The maximum absolute atomic E-state index is 6.11. The molecule has 2 heterocycles. The van der Waals surface area contributed by atoms with Crippen LogP contribution in [0.5, 0.6) is 0 Å². The molecule has 0 saturated carbocycles. The van der Waals surface area contributed by atoms with E-state index < -0.39 is 0 Å². The Morgan fingerprint density at radius 3 is 2.38 bits per heavy atom. The summed E-state index contributed by atoms with van der Waals surface area (Å²) in [5, 5.41) is 3.62. The summed E-state index contributed by atoms with van der Waals surface area (Å²) in [6.07, 6.45) is 0.981. The van der Waals surface area contributed by atoms with Crippen LogP contribution in [0, 0.1) is 5.41 Å². The first kappa shape index (κ1) is 12.3. The summed E-state index contributed by atoms with van der Waals surface area (Å²) < 4.78 is 12.0. The van der Waals surface area contributed by atoms with Crippen LogP contribution in [0.15, 0.2) is 0 Å². The van der Waals surface area contributed by atoms with Gasteiger partial charge in [-0.3, -0.25) is 0 Å². The highest BCUT2D eigenvalue weighted by molar-refractivity contribution is 5.07. The molecule has 2 atom stereocenters. The van der Waals surface area contributed by atoms with Crippen molar-refractivity contribution < 1.29 is 9.47 Å². The Bertz CT molecular complexity index is 270. The van der Waals surface area contributed by atoms with Crippen LogP contribution in [0.25, 0.3) is 0 Å². The maximum atomic E-state index is 6.11. The number of ether oxygens (including phenoxy) is 2. The number of rotatable bonds is 0. The second kappa shape index (κ2) is 3.69. The Kier molecular flexibility index (Phi) is 2.84. The summed E-state index contributed by atoms with van der Waals surface area (Å²) in [5.74, 6) is 0. The summed E-state index contributed by atoms with van der Waals surface area (Å²) in [5.41, 5.74) is 0.0206. The van der Waals surface area contributed by atoms with Gasteiger partial charge >= 0.3 is 0 Å². The molecule has 1 spiro atoms. The van der Waals surface area contributed by atoms with E-state index in [0.717, 1.165) is 26.2 Å². The number of hydrogen-bond donors (Lipinski definition) is 1. The van der Waals surface area contributed by atoms with E-state index in [9.17, 15) is 0 Å². The lowest BCUT2D eigenvalue weighted by Crippen LogP contribution is -2.63. The maximum Gasteiger partial charge on any atom is 0.110 e. The second-order valence-electron chi connectivity index (χ2n) is 6.89. The Morgan fingerprint density at radius 1 is 1.19 bits per heavy atom. The van der Waals surface area contributed by atoms with Crippen molar-refractivity contribution in [3.05, 3.63) is 0 Å². The van der Waals surface area contributed by atoms with Gasteiger partial charge in [-0.15, -0.1) is 0 Å². The average molecular weight is 227 g/mol. The van der Waals surface area contributed by atoms with Crippen LogP contribution in [0.4, 0.5) is 0 Å². The van der Waals surface area contributed by atoms with E-state index in [-0.39, 0.29) is 16.6 Å². The number of nitrogens with one attached hydrogen (secondary N) is 1. The lowest BCUT2D eigenvalue weighted by Gasteiger charge is -2.47. The predicted octanol–water partition coefficient (Wildman–Crippen LogP) is 1.96. The number of hydrogen-bond acceptors (Lipinski definition) is 3. The van der Waals surface area contributed by atoms with E-state index >= 15 is 0 Å². The third kappa shape index (κ3) is 2.13. The molecule has 0 aromatic rings. The molecule has 3 heteroatoms. The Balaban J connectivity index is 2.23. The molecule has 2 aliphatic heterocycles. The third-order valence-electron chi connectivity index (χ3n) is 3.66. The fraction of sp³-hybridized carbons (Fsp3) is 1.00. The van der Waals surface area contributed by atoms with Crippen molar-refractivity contribution in [3.8, 4) is 0 Å². The summed E-state index contributed by atoms with van der Waals surface area (Å²) in [6.45, 7) is 13.6. The van der Waals surface area contributed by atoms with Gasteiger partial charge < -0.3 is 14.8 Å². The van der Waals surface area contributed by atoms with Gasteiger partial charge in [-0.1, -0.05) is 20.8 Å². The molecule has 3 nitrogen and oxygen atoms in total. The molecule has 0 amide bonds. The topological polar surface area (TPSA) is 30.5 Å². The molecule has 1 N–H and O–H groups in total. The lowest BCUT2D eigenvalue weighted by molar-refractivity contribution is -0.121. The first-order valence-electron chi connectivity index (χ1n) is 6.27. The molecular formula is C13H25NO2. The highest BCUT2D eigenvalue weighted by Gasteiger charge is 2.54. The fourth-order valence-electron chi connectivity index (χ4n) is 3.24. The van der Waals surface area contributed by atoms with Crippen molar-refractivity contribution in [1.82, 2.24) is 5.32 Å². The van der Waals surface area contributed by atoms with Gasteiger partial charge in [-0.25, -0.2) is 0 Å². The molecule has 2 saturated heterocycles. The van der Waals surface area contributed by atoms with Crippen LogP contribution >= 0.6 is 0 Å². The molecule has 0 aromatic carbocycles. The molecule has 2 rings (SSSR count). The summed E-state index contributed by atoms with van der Waals surface area (Å²) in [4.78, 5) is 0. The molecule has 2 fully saturated rings. The molecular weight excluding hydrogens is 202 g/mol. The minimum absolute atomic E-state index is 0.0531. The van der Waals surface area contributed by atoms with E-state index in [0.29, 0.717) is 6.04 Å². The Morgan fingerprint density at radius 2 is 1.88 bits per heavy atom. The smallest absolute Gasteiger partial charge is 0.110 e. The summed E-state index contributed by atoms with van der Waals surface area (Å²) in [7, 11) is 0. The van der Waals surface area contributed by atoms with Gasteiger partial charge in [0.05, 0.1) is 18.8 Å². The van der Waals surface area contributed by atoms with Gasteiger partial charge in [0, 0.05) is 19.0 Å². The fourth-order valence-corrected chi connectivity index (χ4v) is 3.24. The van der Waals surface area contributed by atoms with Crippen molar-refractivity contribution in [2.24, 2.45) is 5.41 Å². The van der Waals surface area contributed by atoms with Crippen LogP contribution in [0.1, 0.15) is 41.0 Å². The van der Waals surface area contributed by atoms with Crippen LogP contribution < -0.4 is 5.32 Å². The highest BCUT2D eigenvalue weighted by Crippen LogP contribution is 2.43. The quantitative estimate of drug-likeness (QED) is 0.686. The first-order chi connectivity index (χ1) is 7.25.